The van der Waals surface area contributed by atoms with Crippen LogP contribution in [0.1, 0.15) is 35.0 Å². The van der Waals surface area contributed by atoms with Gasteiger partial charge in [-0.05, 0) is 47.4 Å². The van der Waals surface area contributed by atoms with Crippen molar-refractivity contribution < 1.29 is 9.90 Å². The van der Waals surface area contributed by atoms with Crippen molar-refractivity contribution in [2.75, 3.05) is 0 Å². The number of carbonyl (C=O) groups is 1. The Balaban J connectivity index is 1.67. The maximum atomic E-state index is 11.5. The van der Waals surface area contributed by atoms with Crippen molar-refractivity contribution >= 4 is 17.0 Å². The predicted octanol–water partition coefficient (Wildman–Crippen LogP) is 5.40. The summed E-state index contributed by atoms with van der Waals surface area (Å²) in [4.78, 5) is 16.1. The second kappa shape index (κ2) is 7.69. The topological polar surface area (TPSA) is 55.1 Å². The first kappa shape index (κ1) is 18.0. The van der Waals surface area contributed by atoms with Crippen LogP contribution in [0.4, 0.5) is 0 Å². The highest BCUT2D eigenvalue weighted by molar-refractivity contribution is 5.96. The first-order valence-electron chi connectivity index (χ1n) is 9.52. The van der Waals surface area contributed by atoms with Gasteiger partial charge in [0.15, 0.2) is 0 Å². The molecule has 0 fully saturated rings. The number of aromatic carboxylic acids is 1. The number of hydrogen-bond acceptors (Lipinski definition) is 2. The largest absolute Gasteiger partial charge is 0.478 e. The Morgan fingerprint density at radius 2 is 1.82 bits per heavy atom. The molecule has 0 aliphatic carbocycles. The van der Waals surface area contributed by atoms with Crippen LogP contribution in [-0.4, -0.2) is 20.6 Å². The molecule has 4 nitrogen and oxygen atoms in total. The van der Waals surface area contributed by atoms with E-state index in [4.69, 9.17) is 0 Å². The Bertz CT molecular complexity index is 1130. The second-order valence-corrected chi connectivity index (χ2v) is 6.94. The van der Waals surface area contributed by atoms with Crippen molar-refractivity contribution in [3.63, 3.8) is 0 Å². The Hall–Kier alpha value is -3.40. The summed E-state index contributed by atoms with van der Waals surface area (Å²) in [6.07, 6.45) is 3.93. The van der Waals surface area contributed by atoms with Gasteiger partial charge in [-0.1, -0.05) is 55.8 Å². The van der Waals surface area contributed by atoms with E-state index in [1.807, 2.05) is 36.5 Å². The van der Waals surface area contributed by atoms with Gasteiger partial charge in [-0.15, -0.1) is 0 Å². The number of benzene rings is 2. The molecule has 0 unspecified atom stereocenters. The molecule has 140 valence electrons. The third-order valence-corrected chi connectivity index (χ3v) is 5.01. The third kappa shape index (κ3) is 3.41. The lowest BCUT2D eigenvalue weighted by molar-refractivity contribution is 0.0697. The van der Waals surface area contributed by atoms with Gasteiger partial charge in [-0.2, -0.15) is 0 Å². The van der Waals surface area contributed by atoms with Crippen molar-refractivity contribution in [1.82, 2.24) is 9.55 Å². The molecule has 4 rings (SSSR count). The number of nitrogens with zero attached hydrogens (tertiary/aromatic N) is 2. The first-order chi connectivity index (χ1) is 13.7. The molecule has 2 heterocycles. The number of hydrogen-bond donors (Lipinski definition) is 1. The maximum absolute atomic E-state index is 11.5. The molecule has 4 aromatic rings. The molecule has 0 spiro atoms. The van der Waals surface area contributed by atoms with Gasteiger partial charge < -0.3 is 9.67 Å². The second-order valence-electron chi connectivity index (χ2n) is 6.94. The highest BCUT2D eigenvalue weighted by Crippen LogP contribution is 2.25. The van der Waals surface area contributed by atoms with E-state index >= 15 is 0 Å². The van der Waals surface area contributed by atoms with E-state index in [0.29, 0.717) is 5.56 Å². The normalized spacial score (nSPS) is 11.0. The smallest absolute Gasteiger partial charge is 0.336 e. The highest BCUT2D eigenvalue weighted by Gasteiger charge is 2.12. The summed E-state index contributed by atoms with van der Waals surface area (Å²) in [5, 5.41) is 10.6. The molecular formula is C24H22N2O2. The summed E-state index contributed by atoms with van der Waals surface area (Å²) >= 11 is 0. The van der Waals surface area contributed by atoms with Crippen LogP contribution in [0.3, 0.4) is 0 Å². The summed E-state index contributed by atoms with van der Waals surface area (Å²) < 4.78 is 2.28. The van der Waals surface area contributed by atoms with E-state index in [-0.39, 0.29) is 0 Å². The minimum atomic E-state index is -0.909. The summed E-state index contributed by atoms with van der Waals surface area (Å²) in [7, 11) is 0. The van der Waals surface area contributed by atoms with Gasteiger partial charge in [0, 0.05) is 23.8 Å². The van der Waals surface area contributed by atoms with Gasteiger partial charge in [0.25, 0.3) is 0 Å². The van der Waals surface area contributed by atoms with Gasteiger partial charge in [-0.25, -0.2) is 9.78 Å². The fourth-order valence-electron chi connectivity index (χ4n) is 3.67. The number of fused-ring (bicyclic) bond motifs is 1. The van der Waals surface area contributed by atoms with Gasteiger partial charge in [-0.3, -0.25) is 0 Å². The van der Waals surface area contributed by atoms with E-state index in [0.717, 1.165) is 47.1 Å². The SMILES string of the molecule is CCCc1cc2cccnc2n1Cc1ccc(-c2ccccc2C(=O)O)cc1. The zero-order valence-corrected chi connectivity index (χ0v) is 15.8. The number of aryl methyl sites for hydroxylation is 1. The molecule has 1 N–H and O–H groups in total. The van der Waals surface area contributed by atoms with Gasteiger partial charge in [0.1, 0.15) is 5.65 Å². The van der Waals surface area contributed by atoms with Crippen molar-refractivity contribution in [3.05, 3.63) is 89.7 Å². The summed E-state index contributed by atoms with van der Waals surface area (Å²) in [5.41, 5.74) is 5.42. The Morgan fingerprint density at radius 3 is 2.57 bits per heavy atom. The zero-order chi connectivity index (χ0) is 19.5. The predicted molar refractivity (Wildman–Crippen MR) is 112 cm³/mol. The van der Waals surface area contributed by atoms with E-state index < -0.39 is 5.97 Å². The molecule has 2 aromatic carbocycles. The Morgan fingerprint density at radius 1 is 1.04 bits per heavy atom. The lowest BCUT2D eigenvalue weighted by atomic mass is 9.99. The lowest BCUT2D eigenvalue weighted by Gasteiger charge is -2.11. The highest BCUT2D eigenvalue weighted by atomic mass is 16.4. The molecule has 0 saturated heterocycles. The van der Waals surface area contributed by atoms with Gasteiger partial charge in [0.2, 0.25) is 0 Å². The molecular weight excluding hydrogens is 348 g/mol. The molecule has 0 atom stereocenters. The average Bonchev–Trinajstić information content (AvgIpc) is 3.06. The van der Waals surface area contributed by atoms with Crippen LogP contribution in [0.5, 0.6) is 0 Å². The minimum absolute atomic E-state index is 0.320. The minimum Gasteiger partial charge on any atom is -0.478 e. The molecule has 0 radical (unpaired) electrons. The van der Waals surface area contributed by atoms with Crippen molar-refractivity contribution in [1.29, 1.82) is 0 Å². The molecule has 0 aliphatic heterocycles. The maximum Gasteiger partial charge on any atom is 0.336 e. The summed E-state index contributed by atoms with van der Waals surface area (Å²) in [6.45, 7) is 2.93. The van der Waals surface area contributed by atoms with Crippen molar-refractivity contribution in [3.8, 4) is 11.1 Å². The van der Waals surface area contributed by atoms with Crippen molar-refractivity contribution in [2.45, 2.75) is 26.3 Å². The van der Waals surface area contributed by atoms with Crippen LogP contribution >= 0.6 is 0 Å². The van der Waals surface area contributed by atoms with Crippen LogP contribution in [0.25, 0.3) is 22.2 Å². The van der Waals surface area contributed by atoms with Crippen LogP contribution in [0.2, 0.25) is 0 Å². The van der Waals surface area contributed by atoms with Crippen molar-refractivity contribution in [2.24, 2.45) is 0 Å². The van der Waals surface area contributed by atoms with Crippen LogP contribution < -0.4 is 0 Å². The van der Waals surface area contributed by atoms with Gasteiger partial charge >= 0.3 is 5.97 Å². The monoisotopic (exact) mass is 370 g/mol. The Kier molecular flexibility index (Phi) is 4.94. The summed E-state index contributed by atoms with van der Waals surface area (Å²) in [5.74, 6) is -0.909. The first-order valence-corrected chi connectivity index (χ1v) is 9.52. The number of pyridine rings is 1. The zero-order valence-electron chi connectivity index (χ0n) is 15.8. The molecule has 0 bridgehead atoms. The standard InChI is InChI=1S/C24H22N2O2/c1-2-6-20-15-19-7-5-14-25-23(19)26(20)16-17-10-12-18(13-11-17)21-8-3-4-9-22(21)24(27)28/h3-5,7-15H,2,6,16H2,1H3,(H,27,28). The van der Waals surface area contributed by atoms with E-state index in [1.54, 1.807) is 12.1 Å². The number of aromatic nitrogens is 2. The number of rotatable bonds is 6. The van der Waals surface area contributed by atoms with E-state index in [1.165, 1.54) is 5.69 Å². The fourth-order valence-corrected chi connectivity index (χ4v) is 3.67. The number of carboxylic acids is 1. The van der Waals surface area contributed by atoms with E-state index in [9.17, 15) is 9.90 Å². The molecule has 4 heteroatoms. The number of carboxylic acid groups (broad SMARTS) is 1. The van der Waals surface area contributed by atoms with Gasteiger partial charge in [0.05, 0.1) is 5.56 Å². The fraction of sp³-hybridized carbons (Fsp3) is 0.167. The van der Waals surface area contributed by atoms with Crippen LogP contribution in [0.15, 0.2) is 72.9 Å². The average molecular weight is 370 g/mol. The van der Waals surface area contributed by atoms with E-state index in [2.05, 4.69) is 40.7 Å². The molecule has 0 aliphatic rings. The lowest BCUT2D eigenvalue weighted by Crippen LogP contribution is -2.05. The molecule has 0 saturated carbocycles. The third-order valence-electron chi connectivity index (χ3n) is 5.01. The Labute approximate surface area is 164 Å². The van der Waals surface area contributed by atoms with Crippen LogP contribution in [-0.2, 0) is 13.0 Å². The van der Waals surface area contributed by atoms with Crippen LogP contribution in [0, 0.1) is 0 Å². The molecule has 0 amide bonds. The molecule has 28 heavy (non-hydrogen) atoms. The quantitative estimate of drug-likeness (QED) is 0.494. The summed E-state index contributed by atoms with van der Waals surface area (Å²) in [6, 6.07) is 21.5. The molecule has 2 aromatic heterocycles.